The molecule has 0 unspecified atom stereocenters. The zero-order chi connectivity index (χ0) is 19.9. The van der Waals surface area contributed by atoms with Crippen molar-refractivity contribution in [3.63, 3.8) is 0 Å². The van der Waals surface area contributed by atoms with Crippen molar-refractivity contribution in [1.29, 1.82) is 0 Å². The summed E-state index contributed by atoms with van der Waals surface area (Å²) >= 11 is 0. The Morgan fingerprint density at radius 3 is 2.00 bits per heavy atom. The Hall–Kier alpha value is -3.51. The van der Waals surface area contributed by atoms with Gasteiger partial charge in [-0.1, -0.05) is 60.7 Å². The number of fused-ring (bicyclic) bond motifs is 2. The van der Waals surface area contributed by atoms with Gasteiger partial charge in [-0.15, -0.1) is 0 Å². The van der Waals surface area contributed by atoms with E-state index in [0.29, 0.717) is 22.4 Å². The van der Waals surface area contributed by atoms with E-state index in [4.69, 9.17) is 0 Å². The molecule has 4 aromatic rings. The van der Waals surface area contributed by atoms with Crippen LogP contribution in [0, 0.1) is 0 Å². The van der Waals surface area contributed by atoms with E-state index in [1.807, 2.05) is 0 Å². The number of carbonyl (C=O) groups is 2. The number of carbonyl (C=O) groups excluding carboxylic acids is 1. The average Bonchev–Trinajstić information content (AvgIpc) is 2.71. The Labute approximate surface area is 160 Å². The first-order chi connectivity index (χ1) is 13.4. The second-order valence-corrected chi connectivity index (χ2v) is 8.14. The number of hydrogen-bond donors (Lipinski definition) is 1. The van der Waals surface area contributed by atoms with Gasteiger partial charge in [0.05, 0.1) is 15.4 Å². The topological polar surface area (TPSA) is 88.5 Å². The molecule has 0 atom stereocenters. The summed E-state index contributed by atoms with van der Waals surface area (Å²) in [6.45, 7) is 0. The van der Waals surface area contributed by atoms with Crippen LogP contribution >= 0.6 is 0 Å². The Bertz CT molecular complexity index is 1370. The fourth-order valence-corrected chi connectivity index (χ4v) is 5.28. The molecule has 6 heteroatoms. The molecule has 0 aliphatic carbocycles. The number of carboxylic acids is 1. The van der Waals surface area contributed by atoms with Crippen LogP contribution in [0.5, 0.6) is 0 Å². The van der Waals surface area contributed by atoms with E-state index in [2.05, 4.69) is 0 Å². The molecule has 0 spiro atoms. The van der Waals surface area contributed by atoms with Crippen LogP contribution in [0.1, 0.15) is 20.7 Å². The van der Waals surface area contributed by atoms with Crippen molar-refractivity contribution >= 4 is 43.6 Å². The van der Waals surface area contributed by atoms with Crippen LogP contribution < -0.4 is 0 Å². The van der Waals surface area contributed by atoms with E-state index in [9.17, 15) is 23.1 Å². The molecular formula is C22H14O5S. The molecule has 0 aliphatic heterocycles. The molecule has 4 aromatic carbocycles. The molecule has 0 aliphatic rings. The van der Waals surface area contributed by atoms with Crippen LogP contribution in [0.25, 0.3) is 21.5 Å². The van der Waals surface area contributed by atoms with Gasteiger partial charge in [0.2, 0.25) is 9.84 Å². The predicted molar refractivity (Wildman–Crippen MR) is 106 cm³/mol. The van der Waals surface area contributed by atoms with Crippen LogP contribution in [0.15, 0.2) is 82.6 Å². The lowest BCUT2D eigenvalue weighted by atomic mass is 10.1. The van der Waals surface area contributed by atoms with E-state index >= 15 is 0 Å². The summed E-state index contributed by atoms with van der Waals surface area (Å²) in [5.74, 6) is -1.35. The predicted octanol–water partition coefficient (Wildman–Crippen LogP) is 4.34. The molecule has 5 nitrogen and oxygen atoms in total. The van der Waals surface area contributed by atoms with Crippen molar-refractivity contribution in [2.45, 2.75) is 9.79 Å². The number of aldehydes is 1. The summed E-state index contributed by atoms with van der Waals surface area (Å²) in [4.78, 5) is 23.1. The summed E-state index contributed by atoms with van der Waals surface area (Å²) in [5.41, 5.74) is -0.314. The summed E-state index contributed by atoms with van der Waals surface area (Å²) in [7, 11) is -4.29. The van der Waals surface area contributed by atoms with E-state index in [1.165, 1.54) is 12.1 Å². The maximum Gasteiger partial charge on any atom is 0.337 e. The van der Waals surface area contributed by atoms with Crippen LogP contribution in [0.4, 0.5) is 0 Å². The molecule has 0 saturated heterocycles. The molecule has 0 amide bonds. The van der Waals surface area contributed by atoms with Crippen LogP contribution in [-0.2, 0) is 9.84 Å². The highest BCUT2D eigenvalue weighted by molar-refractivity contribution is 7.92. The van der Waals surface area contributed by atoms with Crippen molar-refractivity contribution in [2.75, 3.05) is 0 Å². The Morgan fingerprint density at radius 2 is 1.36 bits per heavy atom. The van der Waals surface area contributed by atoms with Gasteiger partial charge >= 0.3 is 5.97 Å². The molecular weight excluding hydrogens is 376 g/mol. The first-order valence-corrected chi connectivity index (χ1v) is 9.90. The molecule has 1 N–H and O–H groups in total. The van der Waals surface area contributed by atoms with Gasteiger partial charge in [0, 0.05) is 10.9 Å². The van der Waals surface area contributed by atoms with Gasteiger partial charge in [-0.3, -0.25) is 4.79 Å². The van der Waals surface area contributed by atoms with Gasteiger partial charge in [-0.2, -0.15) is 0 Å². The molecule has 0 fully saturated rings. The second kappa shape index (κ2) is 6.58. The van der Waals surface area contributed by atoms with Crippen molar-refractivity contribution < 1.29 is 23.1 Å². The molecule has 138 valence electrons. The molecule has 0 radical (unpaired) electrons. The number of rotatable bonds is 4. The van der Waals surface area contributed by atoms with E-state index in [1.54, 1.807) is 60.7 Å². The van der Waals surface area contributed by atoms with Gasteiger partial charge < -0.3 is 5.11 Å². The highest BCUT2D eigenvalue weighted by Gasteiger charge is 2.29. The Kier molecular flexibility index (Phi) is 4.20. The molecule has 0 aromatic heterocycles. The smallest absolute Gasteiger partial charge is 0.337 e. The third kappa shape index (κ3) is 2.66. The van der Waals surface area contributed by atoms with Crippen molar-refractivity contribution in [2.24, 2.45) is 0 Å². The maximum absolute atomic E-state index is 13.6. The number of benzene rings is 4. The molecule has 0 saturated carbocycles. The SMILES string of the molecule is O=Cc1c(S(=O)(=O)c2c(C(=O)O)ccc3ccccc23)ccc2ccccc12. The first kappa shape index (κ1) is 17.9. The van der Waals surface area contributed by atoms with Gasteiger partial charge in [0.25, 0.3) is 0 Å². The van der Waals surface area contributed by atoms with Crippen LogP contribution in [-0.4, -0.2) is 25.8 Å². The van der Waals surface area contributed by atoms with Crippen molar-refractivity contribution in [1.82, 2.24) is 0 Å². The average molecular weight is 390 g/mol. The normalized spacial score (nSPS) is 11.6. The van der Waals surface area contributed by atoms with Gasteiger partial charge in [0.15, 0.2) is 6.29 Å². The highest BCUT2D eigenvalue weighted by Crippen LogP contribution is 2.35. The van der Waals surface area contributed by atoms with Gasteiger partial charge in [-0.25, -0.2) is 13.2 Å². The summed E-state index contributed by atoms with van der Waals surface area (Å²) in [5, 5.41) is 11.7. The Balaban J connectivity index is 2.14. The van der Waals surface area contributed by atoms with E-state index in [-0.39, 0.29) is 20.9 Å². The summed E-state index contributed by atoms with van der Waals surface area (Å²) in [6, 6.07) is 19.4. The standard InChI is InChI=1S/C22H14O5S/c23-13-19-16-7-3-1-5-14(16)10-12-20(19)28(26,27)21-17-8-4-2-6-15(17)9-11-18(21)22(24)25/h1-13H,(H,24,25). The molecule has 4 rings (SSSR count). The third-order valence-electron chi connectivity index (χ3n) is 4.72. The minimum absolute atomic E-state index is 0.0161. The van der Waals surface area contributed by atoms with Gasteiger partial charge in [-0.05, 0) is 28.3 Å². The van der Waals surface area contributed by atoms with Crippen molar-refractivity contribution in [3.8, 4) is 0 Å². The minimum Gasteiger partial charge on any atom is -0.478 e. The fraction of sp³-hybridized carbons (Fsp3) is 0. The number of hydrogen-bond acceptors (Lipinski definition) is 4. The highest BCUT2D eigenvalue weighted by atomic mass is 32.2. The number of carboxylic acid groups (broad SMARTS) is 1. The lowest BCUT2D eigenvalue weighted by molar-refractivity contribution is 0.0693. The first-order valence-electron chi connectivity index (χ1n) is 8.42. The summed E-state index contributed by atoms with van der Waals surface area (Å²) in [6.07, 6.45) is 0.501. The molecule has 0 heterocycles. The minimum atomic E-state index is -4.29. The third-order valence-corrected chi connectivity index (χ3v) is 6.63. The van der Waals surface area contributed by atoms with Gasteiger partial charge in [0.1, 0.15) is 0 Å². The largest absolute Gasteiger partial charge is 0.478 e. The zero-order valence-electron chi connectivity index (χ0n) is 14.5. The number of aromatic carboxylic acids is 1. The molecule has 0 bridgehead atoms. The molecule has 28 heavy (non-hydrogen) atoms. The van der Waals surface area contributed by atoms with Crippen LogP contribution in [0.2, 0.25) is 0 Å². The maximum atomic E-state index is 13.6. The lowest BCUT2D eigenvalue weighted by Gasteiger charge is -2.14. The van der Waals surface area contributed by atoms with E-state index in [0.717, 1.165) is 5.39 Å². The van der Waals surface area contributed by atoms with Crippen LogP contribution in [0.3, 0.4) is 0 Å². The Morgan fingerprint density at radius 1 is 0.786 bits per heavy atom. The fourth-order valence-electron chi connectivity index (χ4n) is 3.44. The zero-order valence-corrected chi connectivity index (χ0v) is 15.3. The quantitative estimate of drug-likeness (QED) is 0.524. The van der Waals surface area contributed by atoms with Crippen molar-refractivity contribution in [3.05, 3.63) is 83.9 Å². The monoisotopic (exact) mass is 390 g/mol. The second-order valence-electron chi connectivity index (χ2n) is 6.29. The summed E-state index contributed by atoms with van der Waals surface area (Å²) < 4.78 is 27.1. The number of sulfone groups is 1. The lowest BCUT2D eigenvalue weighted by Crippen LogP contribution is -2.12. The van der Waals surface area contributed by atoms with E-state index < -0.39 is 15.8 Å².